The fraction of sp³-hybridized carbons (Fsp3) is 0.259. The predicted molar refractivity (Wildman–Crippen MR) is 132 cm³/mol. The van der Waals surface area contributed by atoms with Crippen molar-refractivity contribution in [3.8, 4) is 0 Å². The lowest BCUT2D eigenvalue weighted by atomic mass is 10.0. The van der Waals surface area contributed by atoms with Crippen LogP contribution in [0.1, 0.15) is 36.7 Å². The molecule has 0 saturated carbocycles. The Morgan fingerprint density at radius 2 is 1.77 bits per heavy atom. The van der Waals surface area contributed by atoms with Gasteiger partial charge in [-0.3, -0.25) is 14.3 Å². The highest BCUT2D eigenvalue weighted by Crippen LogP contribution is 2.25. The van der Waals surface area contributed by atoms with Crippen LogP contribution in [0.5, 0.6) is 0 Å². The average molecular weight is 474 g/mol. The molecule has 0 unspecified atom stereocenters. The number of hydrogen-bond acceptors (Lipinski definition) is 6. The summed E-state index contributed by atoms with van der Waals surface area (Å²) in [5.41, 5.74) is 1.56. The Kier molecular flexibility index (Phi) is 6.55. The first-order valence-corrected chi connectivity index (χ1v) is 11.2. The molecule has 8 nitrogen and oxygen atoms in total. The summed E-state index contributed by atoms with van der Waals surface area (Å²) in [4.78, 5) is 43.0. The summed E-state index contributed by atoms with van der Waals surface area (Å²) in [6.45, 7) is 5.38. The number of esters is 1. The molecule has 4 aromatic rings. The van der Waals surface area contributed by atoms with Crippen LogP contribution in [0.25, 0.3) is 21.8 Å². The third-order valence-electron chi connectivity index (χ3n) is 5.48. The number of nitrogens with zero attached hydrogens (tertiary/aromatic N) is 2. The summed E-state index contributed by atoms with van der Waals surface area (Å²) >= 11 is 0. The van der Waals surface area contributed by atoms with Crippen molar-refractivity contribution in [1.82, 2.24) is 14.9 Å². The molecular weight excluding hydrogens is 446 g/mol. The fourth-order valence-electron chi connectivity index (χ4n) is 3.95. The zero-order valence-corrected chi connectivity index (χ0v) is 20.1. The number of methoxy groups -OCH3 is 1. The lowest BCUT2D eigenvalue weighted by molar-refractivity contribution is -0.142. The summed E-state index contributed by atoms with van der Waals surface area (Å²) < 4.78 is 11.9. The molecule has 35 heavy (non-hydrogen) atoms. The summed E-state index contributed by atoms with van der Waals surface area (Å²) in [7, 11) is 1.27. The number of para-hydroxylation sites is 2. The maximum absolute atomic E-state index is 13.2. The highest BCUT2D eigenvalue weighted by molar-refractivity contribution is 6.06. The van der Waals surface area contributed by atoms with Gasteiger partial charge in [0.25, 0.3) is 5.91 Å². The van der Waals surface area contributed by atoms with E-state index in [0.29, 0.717) is 22.2 Å². The van der Waals surface area contributed by atoms with Gasteiger partial charge in [-0.25, -0.2) is 9.59 Å². The number of amides is 1. The maximum Gasteiger partial charge on any atom is 0.419 e. The molecule has 0 aliphatic heterocycles. The van der Waals surface area contributed by atoms with Crippen molar-refractivity contribution in [3.05, 3.63) is 78.1 Å². The van der Waals surface area contributed by atoms with Gasteiger partial charge in [0.05, 0.1) is 23.7 Å². The van der Waals surface area contributed by atoms with Crippen molar-refractivity contribution >= 4 is 39.8 Å². The van der Waals surface area contributed by atoms with E-state index in [4.69, 9.17) is 9.47 Å². The molecule has 0 aliphatic rings. The molecule has 180 valence electrons. The average Bonchev–Trinajstić information content (AvgIpc) is 3.20. The van der Waals surface area contributed by atoms with E-state index in [0.717, 1.165) is 10.8 Å². The topological polar surface area (TPSA) is 99.5 Å². The minimum absolute atomic E-state index is 0.118. The summed E-state index contributed by atoms with van der Waals surface area (Å²) in [5.74, 6) is -1.04. The number of aromatic nitrogens is 2. The third kappa shape index (κ3) is 5.16. The minimum Gasteiger partial charge on any atom is -0.467 e. The molecule has 0 bridgehead atoms. The number of fused-ring (bicyclic) bond motifs is 2. The van der Waals surface area contributed by atoms with Crippen molar-refractivity contribution in [2.45, 2.75) is 38.8 Å². The molecule has 2 aromatic heterocycles. The largest absolute Gasteiger partial charge is 0.467 e. The molecule has 2 heterocycles. The number of hydrogen-bond donors (Lipinski definition) is 1. The first-order valence-electron chi connectivity index (χ1n) is 11.2. The summed E-state index contributed by atoms with van der Waals surface area (Å²) in [5, 5.41) is 4.37. The monoisotopic (exact) mass is 473 g/mol. The van der Waals surface area contributed by atoms with Crippen LogP contribution in [0, 0.1) is 0 Å². The Balaban J connectivity index is 1.67. The van der Waals surface area contributed by atoms with Gasteiger partial charge < -0.3 is 14.8 Å². The van der Waals surface area contributed by atoms with E-state index in [2.05, 4.69) is 10.3 Å². The zero-order chi connectivity index (χ0) is 25.2. The molecule has 0 fully saturated rings. The number of carbonyl (C=O) groups excluding carboxylic acids is 3. The zero-order valence-electron chi connectivity index (χ0n) is 20.1. The second-order valence-corrected chi connectivity index (χ2v) is 9.16. The Bertz CT molecular complexity index is 1410. The fourth-order valence-corrected chi connectivity index (χ4v) is 3.95. The number of benzene rings is 2. The van der Waals surface area contributed by atoms with Crippen molar-refractivity contribution in [2.24, 2.45) is 0 Å². The Morgan fingerprint density at radius 3 is 2.51 bits per heavy atom. The summed E-state index contributed by atoms with van der Waals surface area (Å²) in [6, 6.07) is 15.3. The van der Waals surface area contributed by atoms with Crippen LogP contribution >= 0.6 is 0 Å². The Labute approximate surface area is 202 Å². The highest BCUT2D eigenvalue weighted by atomic mass is 16.6. The van der Waals surface area contributed by atoms with Crippen LogP contribution in [-0.4, -0.2) is 46.3 Å². The molecule has 0 aliphatic carbocycles. The Hall–Kier alpha value is -4.20. The lowest BCUT2D eigenvalue weighted by Gasteiger charge is -2.19. The van der Waals surface area contributed by atoms with Crippen molar-refractivity contribution < 1.29 is 23.9 Å². The maximum atomic E-state index is 13.2. The van der Waals surface area contributed by atoms with Crippen molar-refractivity contribution in [3.63, 3.8) is 0 Å². The third-order valence-corrected chi connectivity index (χ3v) is 5.48. The SMILES string of the molecule is COC(=O)[C@H](Cc1cn(C(=O)OC(C)(C)C)c2ccccc12)NC(=O)c1cccc2cccnc12. The summed E-state index contributed by atoms with van der Waals surface area (Å²) in [6.07, 6.45) is 2.84. The van der Waals surface area contributed by atoms with E-state index in [9.17, 15) is 14.4 Å². The smallest absolute Gasteiger partial charge is 0.419 e. The van der Waals surface area contributed by atoms with Gasteiger partial charge in [-0.2, -0.15) is 0 Å². The van der Waals surface area contributed by atoms with Crippen LogP contribution in [0.15, 0.2) is 67.0 Å². The van der Waals surface area contributed by atoms with Crippen LogP contribution in [0.4, 0.5) is 4.79 Å². The number of pyridine rings is 1. The van der Waals surface area contributed by atoms with Gasteiger partial charge in [0.2, 0.25) is 0 Å². The molecule has 0 saturated heterocycles. The molecule has 2 aromatic carbocycles. The molecule has 1 N–H and O–H groups in total. The minimum atomic E-state index is -0.982. The molecule has 1 amide bonds. The van der Waals surface area contributed by atoms with Crippen LogP contribution in [-0.2, 0) is 20.7 Å². The van der Waals surface area contributed by atoms with E-state index in [-0.39, 0.29) is 6.42 Å². The van der Waals surface area contributed by atoms with E-state index in [1.54, 1.807) is 57.4 Å². The van der Waals surface area contributed by atoms with Gasteiger partial charge in [0, 0.05) is 29.6 Å². The second-order valence-electron chi connectivity index (χ2n) is 9.16. The normalized spacial score (nSPS) is 12.3. The number of ether oxygens (including phenoxy) is 2. The van der Waals surface area contributed by atoms with Gasteiger partial charge >= 0.3 is 12.1 Å². The lowest BCUT2D eigenvalue weighted by Crippen LogP contribution is -2.43. The predicted octanol–water partition coefficient (Wildman–Crippen LogP) is 4.49. The molecule has 8 heteroatoms. The van der Waals surface area contributed by atoms with Gasteiger partial charge in [0.15, 0.2) is 0 Å². The van der Waals surface area contributed by atoms with Gasteiger partial charge in [0.1, 0.15) is 11.6 Å². The number of carbonyl (C=O) groups is 3. The van der Waals surface area contributed by atoms with Gasteiger partial charge in [-0.05, 0) is 44.5 Å². The van der Waals surface area contributed by atoms with Crippen LogP contribution < -0.4 is 5.32 Å². The second kappa shape index (κ2) is 9.58. The van der Waals surface area contributed by atoms with E-state index in [1.165, 1.54) is 11.7 Å². The van der Waals surface area contributed by atoms with Gasteiger partial charge in [-0.1, -0.05) is 36.4 Å². The van der Waals surface area contributed by atoms with Gasteiger partial charge in [-0.15, -0.1) is 0 Å². The van der Waals surface area contributed by atoms with Crippen LogP contribution in [0.3, 0.4) is 0 Å². The van der Waals surface area contributed by atoms with E-state index >= 15 is 0 Å². The number of rotatable bonds is 5. The molecular formula is C27H27N3O5. The van der Waals surface area contributed by atoms with Crippen molar-refractivity contribution in [2.75, 3.05) is 7.11 Å². The molecule has 0 radical (unpaired) electrons. The first-order chi connectivity index (χ1) is 16.7. The Morgan fingerprint density at radius 1 is 1.03 bits per heavy atom. The number of nitrogens with one attached hydrogen (secondary N) is 1. The molecule has 0 spiro atoms. The molecule has 4 rings (SSSR count). The standard InChI is InChI=1S/C27H27N3O5/c1-27(2,3)35-26(33)30-16-18(19-11-5-6-13-22(19)30)15-21(25(32)34-4)29-24(31)20-12-7-9-17-10-8-14-28-23(17)20/h5-14,16,21H,15H2,1-4H3,(H,29,31)/t21-/m0/s1. The quantitative estimate of drug-likeness (QED) is 0.429. The first kappa shape index (κ1) is 23.9. The van der Waals surface area contributed by atoms with E-state index < -0.39 is 29.6 Å². The highest BCUT2D eigenvalue weighted by Gasteiger charge is 2.27. The molecule has 1 atom stereocenters. The van der Waals surface area contributed by atoms with Crippen molar-refractivity contribution in [1.29, 1.82) is 0 Å². The van der Waals surface area contributed by atoms with Crippen LogP contribution in [0.2, 0.25) is 0 Å². The van der Waals surface area contributed by atoms with E-state index in [1.807, 2.05) is 30.3 Å².